The molecule has 2 aromatic heterocycles. The zero-order chi connectivity index (χ0) is 16.1. The fourth-order valence-electron chi connectivity index (χ4n) is 2.06. The van der Waals surface area contributed by atoms with Crippen molar-refractivity contribution < 1.29 is 9.47 Å². The molecule has 0 fully saturated rings. The van der Waals surface area contributed by atoms with Gasteiger partial charge in [0, 0.05) is 17.3 Å². The molecule has 0 atom stereocenters. The average Bonchev–Trinajstić information content (AvgIpc) is 3.08. The summed E-state index contributed by atoms with van der Waals surface area (Å²) in [7, 11) is 1.59. The van der Waals surface area contributed by atoms with Crippen LogP contribution in [0, 0.1) is 0 Å². The molecular weight excluding hydrogens is 320 g/mol. The minimum atomic E-state index is 0.514. The molecule has 0 amide bonds. The molecule has 2 heterocycles. The standard InChI is InChI=1S/C14H15ClN6O2/c1-22-11-5-9-10(6-12(11)23-4-2-3-15)16-8-17-14(9)19-13-7-18-21-20-13/h5-8H,2-4H2,1H3,(H2,16,17,18,19,20,21). The van der Waals surface area contributed by atoms with Crippen LogP contribution in [0.5, 0.6) is 11.5 Å². The highest BCUT2D eigenvalue weighted by atomic mass is 35.5. The summed E-state index contributed by atoms with van der Waals surface area (Å²) in [6, 6.07) is 3.64. The SMILES string of the molecule is COc1cc2c(Nc3cn[nH]n3)ncnc2cc1OCCCCl. The molecule has 0 aliphatic heterocycles. The Balaban J connectivity index is 1.97. The highest BCUT2D eigenvalue weighted by Gasteiger charge is 2.12. The van der Waals surface area contributed by atoms with Crippen molar-refractivity contribution in [3.05, 3.63) is 24.7 Å². The predicted molar refractivity (Wildman–Crippen MR) is 86.6 cm³/mol. The van der Waals surface area contributed by atoms with E-state index in [9.17, 15) is 0 Å². The van der Waals surface area contributed by atoms with Crippen LogP contribution in [0.2, 0.25) is 0 Å². The Kier molecular flexibility index (Phi) is 4.72. The van der Waals surface area contributed by atoms with Gasteiger partial charge in [-0.2, -0.15) is 10.3 Å². The molecule has 0 saturated carbocycles. The smallest absolute Gasteiger partial charge is 0.173 e. The van der Waals surface area contributed by atoms with Gasteiger partial charge in [-0.15, -0.1) is 16.7 Å². The Bertz CT molecular complexity index is 780. The van der Waals surface area contributed by atoms with Crippen LogP contribution in [-0.2, 0) is 0 Å². The Hall–Kier alpha value is -2.61. The molecule has 23 heavy (non-hydrogen) atoms. The number of hydrogen-bond acceptors (Lipinski definition) is 7. The lowest BCUT2D eigenvalue weighted by Crippen LogP contribution is -2.01. The molecule has 1 aromatic carbocycles. The molecule has 0 saturated heterocycles. The van der Waals surface area contributed by atoms with Gasteiger partial charge in [0.25, 0.3) is 0 Å². The molecule has 2 N–H and O–H groups in total. The molecule has 0 bridgehead atoms. The maximum absolute atomic E-state index is 5.70. The molecule has 0 aliphatic carbocycles. The number of alkyl halides is 1. The molecule has 120 valence electrons. The fraction of sp³-hybridized carbons (Fsp3) is 0.286. The molecule has 0 aliphatic rings. The minimum absolute atomic E-state index is 0.514. The monoisotopic (exact) mass is 334 g/mol. The van der Waals surface area contributed by atoms with Crippen LogP contribution in [0.15, 0.2) is 24.7 Å². The summed E-state index contributed by atoms with van der Waals surface area (Å²) in [5.74, 6) is 2.94. The number of methoxy groups -OCH3 is 1. The summed E-state index contributed by atoms with van der Waals surface area (Å²) >= 11 is 5.67. The van der Waals surface area contributed by atoms with E-state index in [1.54, 1.807) is 13.3 Å². The van der Waals surface area contributed by atoms with E-state index in [0.29, 0.717) is 35.6 Å². The first-order valence-corrected chi connectivity index (χ1v) is 7.49. The lowest BCUT2D eigenvalue weighted by molar-refractivity contribution is 0.295. The normalized spacial score (nSPS) is 10.7. The third kappa shape index (κ3) is 3.42. The summed E-state index contributed by atoms with van der Waals surface area (Å²) in [5, 5.41) is 14.1. The van der Waals surface area contributed by atoms with E-state index in [0.717, 1.165) is 17.3 Å². The number of hydrogen-bond donors (Lipinski definition) is 2. The number of aromatic amines is 1. The Morgan fingerprint density at radius 1 is 1.26 bits per heavy atom. The molecule has 3 aromatic rings. The summed E-state index contributed by atoms with van der Waals surface area (Å²) in [5.41, 5.74) is 0.729. The summed E-state index contributed by atoms with van der Waals surface area (Å²) in [6.45, 7) is 0.514. The fourth-order valence-corrected chi connectivity index (χ4v) is 2.16. The summed E-state index contributed by atoms with van der Waals surface area (Å²) in [6.07, 6.45) is 3.79. The molecule has 0 radical (unpaired) electrons. The zero-order valence-corrected chi connectivity index (χ0v) is 13.2. The van der Waals surface area contributed by atoms with Gasteiger partial charge in [0.05, 0.1) is 25.4 Å². The van der Waals surface area contributed by atoms with Crippen molar-refractivity contribution in [2.75, 3.05) is 24.9 Å². The Morgan fingerprint density at radius 2 is 2.17 bits per heavy atom. The summed E-state index contributed by atoms with van der Waals surface area (Å²) < 4.78 is 11.1. The van der Waals surface area contributed by atoms with Crippen molar-refractivity contribution >= 4 is 34.1 Å². The quantitative estimate of drug-likeness (QED) is 0.506. The number of ether oxygens (including phenoxy) is 2. The number of halogens is 1. The van der Waals surface area contributed by atoms with Gasteiger partial charge in [-0.05, 0) is 12.5 Å². The Labute approximate surface area is 137 Å². The van der Waals surface area contributed by atoms with Crippen molar-refractivity contribution in [2.24, 2.45) is 0 Å². The van der Waals surface area contributed by atoms with Gasteiger partial charge in [0.1, 0.15) is 12.1 Å². The van der Waals surface area contributed by atoms with Gasteiger partial charge in [0.2, 0.25) is 0 Å². The van der Waals surface area contributed by atoms with E-state index in [2.05, 4.69) is 30.7 Å². The van der Waals surface area contributed by atoms with E-state index in [4.69, 9.17) is 21.1 Å². The number of anilines is 2. The molecule has 3 rings (SSSR count). The van der Waals surface area contributed by atoms with Gasteiger partial charge >= 0.3 is 0 Å². The highest BCUT2D eigenvalue weighted by Crippen LogP contribution is 2.34. The van der Waals surface area contributed by atoms with Gasteiger partial charge in [-0.1, -0.05) is 0 Å². The van der Waals surface area contributed by atoms with Crippen LogP contribution >= 0.6 is 11.6 Å². The van der Waals surface area contributed by atoms with Crippen molar-refractivity contribution in [3.63, 3.8) is 0 Å². The third-order valence-electron chi connectivity index (χ3n) is 3.12. The summed E-state index contributed by atoms with van der Waals surface area (Å²) in [4.78, 5) is 8.52. The van der Waals surface area contributed by atoms with E-state index < -0.39 is 0 Å². The van der Waals surface area contributed by atoms with Crippen molar-refractivity contribution in [1.82, 2.24) is 25.4 Å². The Morgan fingerprint density at radius 3 is 2.91 bits per heavy atom. The number of fused-ring (bicyclic) bond motifs is 1. The molecule has 0 unspecified atom stereocenters. The number of nitrogens with zero attached hydrogens (tertiary/aromatic N) is 4. The predicted octanol–water partition coefficient (Wildman–Crippen LogP) is 2.51. The lowest BCUT2D eigenvalue weighted by atomic mass is 10.2. The molecule has 8 nitrogen and oxygen atoms in total. The first-order valence-electron chi connectivity index (χ1n) is 6.96. The van der Waals surface area contributed by atoms with Crippen LogP contribution in [0.25, 0.3) is 10.9 Å². The van der Waals surface area contributed by atoms with Crippen molar-refractivity contribution in [2.45, 2.75) is 6.42 Å². The first kappa shape index (κ1) is 15.3. The highest BCUT2D eigenvalue weighted by molar-refractivity contribution is 6.17. The third-order valence-corrected chi connectivity index (χ3v) is 3.39. The van der Waals surface area contributed by atoms with Gasteiger partial charge in [-0.25, -0.2) is 9.97 Å². The van der Waals surface area contributed by atoms with Crippen LogP contribution in [0.3, 0.4) is 0 Å². The minimum Gasteiger partial charge on any atom is -0.493 e. The second-order valence-corrected chi connectivity index (χ2v) is 4.99. The lowest BCUT2D eigenvalue weighted by Gasteiger charge is -2.12. The van der Waals surface area contributed by atoms with E-state index in [1.165, 1.54) is 6.33 Å². The largest absolute Gasteiger partial charge is 0.493 e. The van der Waals surface area contributed by atoms with Gasteiger partial charge < -0.3 is 14.8 Å². The number of aromatic nitrogens is 5. The van der Waals surface area contributed by atoms with Crippen LogP contribution < -0.4 is 14.8 Å². The second kappa shape index (κ2) is 7.10. The first-order chi connectivity index (χ1) is 11.3. The topological polar surface area (TPSA) is 97.8 Å². The average molecular weight is 335 g/mol. The molecule has 0 spiro atoms. The second-order valence-electron chi connectivity index (χ2n) is 4.61. The van der Waals surface area contributed by atoms with E-state index in [-0.39, 0.29) is 0 Å². The number of H-pyrrole nitrogens is 1. The molecule has 9 heteroatoms. The van der Waals surface area contributed by atoms with Crippen molar-refractivity contribution in [3.8, 4) is 11.5 Å². The van der Waals surface area contributed by atoms with Crippen LogP contribution in [0.1, 0.15) is 6.42 Å². The zero-order valence-electron chi connectivity index (χ0n) is 12.4. The van der Waals surface area contributed by atoms with Gasteiger partial charge in [0.15, 0.2) is 17.3 Å². The maximum Gasteiger partial charge on any atom is 0.173 e. The van der Waals surface area contributed by atoms with Gasteiger partial charge in [-0.3, -0.25) is 0 Å². The van der Waals surface area contributed by atoms with Crippen LogP contribution in [0.4, 0.5) is 11.6 Å². The number of rotatable bonds is 7. The number of nitrogens with one attached hydrogen (secondary N) is 2. The van der Waals surface area contributed by atoms with Crippen LogP contribution in [-0.4, -0.2) is 45.0 Å². The number of benzene rings is 1. The van der Waals surface area contributed by atoms with E-state index in [1.807, 2.05) is 12.1 Å². The van der Waals surface area contributed by atoms with Crippen molar-refractivity contribution in [1.29, 1.82) is 0 Å². The van der Waals surface area contributed by atoms with E-state index >= 15 is 0 Å². The maximum atomic E-state index is 5.70. The molecular formula is C14H15ClN6O2.